The number of fused-ring (bicyclic) bond motifs is 1. The van der Waals surface area contributed by atoms with Gasteiger partial charge in [-0.25, -0.2) is 0 Å². The van der Waals surface area contributed by atoms with E-state index in [2.05, 4.69) is 10.3 Å². The number of hydrogen-bond acceptors (Lipinski definition) is 2. The summed E-state index contributed by atoms with van der Waals surface area (Å²) in [5, 5.41) is 3.10. The predicted molar refractivity (Wildman–Crippen MR) is 93.2 cm³/mol. The molecule has 3 aromatic rings. The first-order valence-corrected chi connectivity index (χ1v) is 7.98. The van der Waals surface area contributed by atoms with Crippen molar-refractivity contribution in [1.29, 1.82) is 0 Å². The van der Waals surface area contributed by atoms with Gasteiger partial charge < -0.3 is 15.0 Å². The van der Waals surface area contributed by atoms with Gasteiger partial charge >= 0.3 is 6.18 Å². The molecule has 0 spiro atoms. The van der Waals surface area contributed by atoms with Gasteiger partial charge in [0.25, 0.3) is 0 Å². The summed E-state index contributed by atoms with van der Waals surface area (Å²) in [7, 11) is 1.57. The molecule has 7 heteroatoms. The summed E-state index contributed by atoms with van der Waals surface area (Å²) in [4.78, 5) is 14.5. The van der Waals surface area contributed by atoms with Crippen LogP contribution in [0.4, 0.5) is 18.9 Å². The molecule has 0 saturated carbocycles. The SMILES string of the molecule is COc1ccccc1CCC(=O)Nc1ccc2[nH]c(C(F)(F)F)cc2c1. The van der Waals surface area contributed by atoms with Gasteiger partial charge in [-0.15, -0.1) is 0 Å². The van der Waals surface area contributed by atoms with E-state index < -0.39 is 11.9 Å². The van der Waals surface area contributed by atoms with Crippen LogP contribution in [0.1, 0.15) is 17.7 Å². The average Bonchev–Trinajstić information content (AvgIpc) is 3.04. The Morgan fingerprint density at radius 1 is 1.15 bits per heavy atom. The van der Waals surface area contributed by atoms with Gasteiger partial charge in [0.05, 0.1) is 7.11 Å². The van der Waals surface area contributed by atoms with Gasteiger partial charge in [-0.1, -0.05) is 18.2 Å². The van der Waals surface area contributed by atoms with Gasteiger partial charge in [-0.2, -0.15) is 13.2 Å². The molecule has 0 aliphatic heterocycles. The molecule has 0 aliphatic carbocycles. The van der Waals surface area contributed by atoms with Crippen LogP contribution in [0, 0.1) is 0 Å². The van der Waals surface area contributed by atoms with Crippen molar-refractivity contribution >= 4 is 22.5 Å². The van der Waals surface area contributed by atoms with Crippen molar-refractivity contribution in [1.82, 2.24) is 4.98 Å². The Kier molecular flexibility index (Phi) is 4.88. The molecule has 0 bridgehead atoms. The highest BCUT2D eigenvalue weighted by Crippen LogP contribution is 2.32. The zero-order valence-electron chi connectivity index (χ0n) is 14.0. The van der Waals surface area contributed by atoms with Crippen LogP contribution in [-0.2, 0) is 17.4 Å². The third kappa shape index (κ3) is 3.99. The lowest BCUT2D eigenvalue weighted by atomic mass is 10.1. The van der Waals surface area contributed by atoms with E-state index in [-0.39, 0.29) is 12.3 Å². The third-order valence-electron chi connectivity index (χ3n) is 4.02. The lowest BCUT2D eigenvalue weighted by Crippen LogP contribution is -2.12. The van der Waals surface area contributed by atoms with E-state index in [0.29, 0.717) is 28.8 Å². The van der Waals surface area contributed by atoms with Crippen LogP contribution in [0.25, 0.3) is 10.9 Å². The van der Waals surface area contributed by atoms with Gasteiger partial charge in [0.2, 0.25) is 5.91 Å². The number of H-pyrrole nitrogens is 1. The fourth-order valence-electron chi connectivity index (χ4n) is 2.74. The van der Waals surface area contributed by atoms with Crippen LogP contribution in [0.5, 0.6) is 5.75 Å². The van der Waals surface area contributed by atoms with Gasteiger partial charge in [0.15, 0.2) is 0 Å². The molecule has 0 atom stereocenters. The van der Waals surface area contributed by atoms with Crippen molar-refractivity contribution < 1.29 is 22.7 Å². The number of aromatic amines is 1. The van der Waals surface area contributed by atoms with E-state index in [0.717, 1.165) is 11.6 Å². The number of carbonyl (C=O) groups excluding carboxylic acids is 1. The van der Waals surface area contributed by atoms with E-state index in [4.69, 9.17) is 4.74 Å². The van der Waals surface area contributed by atoms with Crippen molar-refractivity contribution in [3.63, 3.8) is 0 Å². The second kappa shape index (κ2) is 7.11. The lowest BCUT2D eigenvalue weighted by Gasteiger charge is -2.08. The maximum Gasteiger partial charge on any atom is 0.431 e. The van der Waals surface area contributed by atoms with Crippen molar-refractivity contribution in [2.75, 3.05) is 12.4 Å². The topological polar surface area (TPSA) is 54.1 Å². The Hall–Kier alpha value is -2.96. The number of hydrogen-bond donors (Lipinski definition) is 2. The number of aromatic nitrogens is 1. The van der Waals surface area contributed by atoms with E-state index in [1.165, 1.54) is 12.1 Å². The number of alkyl halides is 3. The summed E-state index contributed by atoms with van der Waals surface area (Å²) in [6.45, 7) is 0. The smallest absolute Gasteiger partial charge is 0.431 e. The normalized spacial score (nSPS) is 11.5. The number of aryl methyl sites for hydroxylation is 1. The van der Waals surface area contributed by atoms with Crippen LogP contribution >= 0.6 is 0 Å². The molecule has 1 aromatic heterocycles. The minimum Gasteiger partial charge on any atom is -0.496 e. The monoisotopic (exact) mass is 362 g/mol. The van der Waals surface area contributed by atoms with Crippen LogP contribution in [0.15, 0.2) is 48.5 Å². The molecule has 2 aromatic carbocycles. The zero-order chi connectivity index (χ0) is 18.7. The predicted octanol–water partition coefficient (Wildman–Crippen LogP) is 4.77. The van der Waals surface area contributed by atoms with E-state index in [9.17, 15) is 18.0 Å². The number of amides is 1. The number of halogens is 3. The molecule has 0 fully saturated rings. The number of nitrogens with one attached hydrogen (secondary N) is 2. The summed E-state index contributed by atoms with van der Waals surface area (Å²) < 4.78 is 43.5. The average molecular weight is 362 g/mol. The molecule has 2 N–H and O–H groups in total. The molecule has 0 radical (unpaired) electrons. The zero-order valence-corrected chi connectivity index (χ0v) is 14.0. The summed E-state index contributed by atoms with van der Waals surface area (Å²) >= 11 is 0. The maximum atomic E-state index is 12.7. The molecular weight excluding hydrogens is 345 g/mol. The van der Waals surface area contributed by atoms with Crippen molar-refractivity contribution in [3.05, 3.63) is 59.8 Å². The second-order valence-corrected chi connectivity index (χ2v) is 5.84. The molecule has 1 amide bonds. The number of carbonyl (C=O) groups is 1. The number of anilines is 1. The molecule has 1 heterocycles. The van der Waals surface area contributed by atoms with Crippen molar-refractivity contribution in [3.8, 4) is 5.75 Å². The Labute approximate surface area is 148 Å². The molecule has 0 saturated heterocycles. The van der Waals surface area contributed by atoms with Gasteiger partial charge in [0.1, 0.15) is 11.4 Å². The molecule has 136 valence electrons. The first kappa shape index (κ1) is 17.8. The lowest BCUT2D eigenvalue weighted by molar-refractivity contribution is -0.140. The van der Waals surface area contributed by atoms with Crippen LogP contribution in [0.3, 0.4) is 0 Å². The quantitative estimate of drug-likeness (QED) is 0.687. The fourth-order valence-corrected chi connectivity index (χ4v) is 2.74. The molecule has 0 unspecified atom stereocenters. The minimum atomic E-state index is -4.43. The number of benzene rings is 2. The summed E-state index contributed by atoms with van der Waals surface area (Å²) in [6.07, 6.45) is -3.70. The minimum absolute atomic E-state index is 0.221. The molecule has 3 rings (SSSR count). The maximum absolute atomic E-state index is 12.7. The highest BCUT2D eigenvalue weighted by molar-refractivity contribution is 5.94. The van der Waals surface area contributed by atoms with Crippen molar-refractivity contribution in [2.45, 2.75) is 19.0 Å². The van der Waals surface area contributed by atoms with E-state index in [1.807, 2.05) is 24.3 Å². The molecule has 26 heavy (non-hydrogen) atoms. The van der Waals surface area contributed by atoms with Crippen molar-refractivity contribution in [2.24, 2.45) is 0 Å². The van der Waals surface area contributed by atoms with Gasteiger partial charge in [-0.05, 0) is 42.3 Å². The number of para-hydroxylation sites is 1. The Morgan fingerprint density at radius 2 is 1.92 bits per heavy atom. The van der Waals surface area contributed by atoms with Gasteiger partial charge in [-0.3, -0.25) is 4.79 Å². The number of methoxy groups -OCH3 is 1. The molecular formula is C19H17F3N2O2. The molecule has 4 nitrogen and oxygen atoms in total. The van der Waals surface area contributed by atoms with E-state index >= 15 is 0 Å². The van der Waals surface area contributed by atoms with Crippen LogP contribution in [0.2, 0.25) is 0 Å². The number of rotatable bonds is 5. The standard InChI is InChI=1S/C19H17F3N2O2/c1-26-16-5-3-2-4-12(16)6-9-18(25)23-14-7-8-15-13(10-14)11-17(24-15)19(20,21)22/h2-5,7-8,10-11,24H,6,9H2,1H3,(H,23,25). The number of ether oxygens (including phenoxy) is 1. The highest BCUT2D eigenvalue weighted by atomic mass is 19.4. The fraction of sp³-hybridized carbons (Fsp3) is 0.211. The Morgan fingerprint density at radius 3 is 2.65 bits per heavy atom. The Balaban J connectivity index is 1.67. The highest BCUT2D eigenvalue weighted by Gasteiger charge is 2.32. The van der Waals surface area contributed by atoms with E-state index in [1.54, 1.807) is 13.2 Å². The summed E-state index contributed by atoms with van der Waals surface area (Å²) in [5.41, 5.74) is 0.924. The van der Waals surface area contributed by atoms with Crippen LogP contribution < -0.4 is 10.1 Å². The van der Waals surface area contributed by atoms with Crippen LogP contribution in [-0.4, -0.2) is 18.0 Å². The third-order valence-corrected chi connectivity index (χ3v) is 4.02. The summed E-state index contributed by atoms with van der Waals surface area (Å²) in [6, 6.07) is 13.1. The molecule has 0 aliphatic rings. The largest absolute Gasteiger partial charge is 0.496 e. The second-order valence-electron chi connectivity index (χ2n) is 5.84. The first-order chi connectivity index (χ1) is 12.4. The Bertz CT molecular complexity index is 932. The first-order valence-electron chi connectivity index (χ1n) is 7.98. The summed E-state index contributed by atoms with van der Waals surface area (Å²) in [5.74, 6) is 0.496. The van der Waals surface area contributed by atoms with Gasteiger partial charge in [0, 0.05) is 23.0 Å².